The molecule has 2 nitrogen and oxygen atoms in total. The summed E-state index contributed by atoms with van der Waals surface area (Å²) in [5.41, 5.74) is 1.13. The summed E-state index contributed by atoms with van der Waals surface area (Å²) in [5.74, 6) is 0.118. The van der Waals surface area contributed by atoms with Crippen LogP contribution in [0.5, 0.6) is 0 Å². The molecule has 0 unspecified atom stereocenters. The maximum absolute atomic E-state index is 11.8. The summed E-state index contributed by atoms with van der Waals surface area (Å²) >= 11 is 0. The number of esters is 1. The van der Waals surface area contributed by atoms with Gasteiger partial charge in [0.1, 0.15) is 6.10 Å². The van der Waals surface area contributed by atoms with E-state index in [1.165, 1.54) is 19.3 Å². The van der Waals surface area contributed by atoms with Gasteiger partial charge in [-0.25, -0.2) is 0 Å². The normalized spacial score (nSPS) is 23.1. The van der Waals surface area contributed by atoms with Gasteiger partial charge < -0.3 is 4.74 Å². The lowest BCUT2D eigenvalue weighted by atomic mass is 9.95. The molecule has 2 atom stereocenters. The molecule has 18 heavy (non-hydrogen) atoms. The molecule has 0 amide bonds. The van der Waals surface area contributed by atoms with Crippen LogP contribution in [0.1, 0.15) is 57.1 Å². The Bertz CT molecular complexity index is 372. The van der Waals surface area contributed by atoms with Gasteiger partial charge in [0.2, 0.25) is 0 Å². The smallest absolute Gasteiger partial charge is 0.309 e. The summed E-state index contributed by atoms with van der Waals surface area (Å²) in [6.45, 7) is 2.20. The maximum Gasteiger partial charge on any atom is 0.309 e. The summed E-state index contributed by atoms with van der Waals surface area (Å²) in [7, 11) is 0. The molecule has 2 heteroatoms. The Kier molecular flexibility index (Phi) is 4.80. The molecule has 1 heterocycles. The first kappa shape index (κ1) is 13.1. The number of benzene rings is 1. The minimum Gasteiger partial charge on any atom is -0.457 e. The molecular formula is C16H22O2. The second-order valence-electron chi connectivity index (χ2n) is 5.12. The number of cyclic esters (lactones) is 1. The molecule has 1 saturated heterocycles. The van der Waals surface area contributed by atoms with Crippen LogP contribution in [0, 0.1) is 5.92 Å². The summed E-state index contributed by atoms with van der Waals surface area (Å²) < 4.78 is 5.48. The van der Waals surface area contributed by atoms with E-state index in [4.69, 9.17) is 4.74 Å². The Labute approximate surface area is 109 Å². The van der Waals surface area contributed by atoms with Crippen LogP contribution < -0.4 is 0 Å². The van der Waals surface area contributed by atoms with E-state index in [1.54, 1.807) is 0 Å². The molecule has 1 fully saturated rings. The summed E-state index contributed by atoms with van der Waals surface area (Å²) in [5, 5.41) is 0. The van der Waals surface area contributed by atoms with Crippen molar-refractivity contribution in [3.05, 3.63) is 35.9 Å². The van der Waals surface area contributed by atoms with Crippen LogP contribution in [0.4, 0.5) is 0 Å². The van der Waals surface area contributed by atoms with Crippen LogP contribution in [-0.4, -0.2) is 5.97 Å². The van der Waals surface area contributed by atoms with Gasteiger partial charge in [0.25, 0.3) is 0 Å². The van der Waals surface area contributed by atoms with Gasteiger partial charge >= 0.3 is 5.97 Å². The standard InChI is InChI=1S/C16H22O2/c1-2-3-4-6-11-14-12-15(18-16(14)17)13-9-7-5-8-10-13/h5,7-10,14-15H,2-4,6,11-12H2,1H3/t14-,15+/m0/s1. The van der Waals surface area contributed by atoms with Crippen LogP contribution in [0.25, 0.3) is 0 Å². The molecule has 0 N–H and O–H groups in total. The van der Waals surface area contributed by atoms with Gasteiger partial charge in [-0.1, -0.05) is 62.9 Å². The molecule has 1 aromatic carbocycles. The Morgan fingerprint density at radius 2 is 1.94 bits per heavy atom. The largest absolute Gasteiger partial charge is 0.457 e. The number of ether oxygens (including phenoxy) is 1. The minimum atomic E-state index is -0.0186. The van der Waals surface area contributed by atoms with Gasteiger partial charge in [-0.05, 0) is 12.0 Å². The highest BCUT2D eigenvalue weighted by molar-refractivity contribution is 5.74. The minimum absolute atomic E-state index is 0.000325. The number of hydrogen-bond acceptors (Lipinski definition) is 2. The first-order valence-electron chi connectivity index (χ1n) is 7.06. The highest BCUT2D eigenvalue weighted by atomic mass is 16.5. The lowest BCUT2D eigenvalue weighted by Crippen LogP contribution is -2.06. The second kappa shape index (κ2) is 6.58. The van der Waals surface area contributed by atoms with Crippen LogP contribution in [-0.2, 0) is 9.53 Å². The monoisotopic (exact) mass is 246 g/mol. The van der Waals surface area contributed by atoms with Gasteiger partial charge in [-0.2, -0.15) is 0 Å². The highest BCUT2D eigenvalue weighted by Gasteiger charge is 2.34. The van der Waals surface area contributed by atoms with Gasteiger partial charge in [-0.15, -0.1) is 0 Å². The fourth-order valence-electron chi connectivity index (χ4n) is 2.56. The topological polar surface area (TPSA) is 26.3 Å². The van der Waals surface area contributed by atoms with E-state index < -0.39 is 0 Å². The zero-order chi connectivity index (χ0) is 12.8. The molecule has 0 bridgehead atoms. The van der Waals surface area contributed by atoms with E-state index in [0.29, 0.717) is 0 Å². The van der Waals surface area contributed by atoms with Gasteiger partial charge in [0.05, 0.1) is 5.92 Å². The van der Waals surface area contributed by atoms with E-state index in [-0.39, 0.29) is 18.0 Å². The van der Waals surface area contributed by atoms with Crippen LogP contribution in [0.15, 0.2) is 30.3 Å². The fourth-order valence-corrected chi connectivity index (χ4v) is 2.56. The molecule has 0 aliphatic carbocycles. The number of unbranched alkanes of at least 4 members (excludes halogenated alkanes) is 3. The lowest BCUT2D eigenvalue weighted by Gasteiger charge is -2.08. The maximum atomic E-state index is 11.8. The first-order chi connectivity index (χ1) is 8.81. The van der Waals surface area contributed by atoms with Crippen LogP contribution >= 0.6 is 0 Å². The van der Waals surface area contributed by atoms with Gasteiger partial charge in [0, 0.05) is 6.42 Å². The fraction of sp³-hybridized carbons (Fsp3) is 0.562. The SMILES string of the molecule is CCCCCC[C@H]1C[C@H](c2ccccc2)OC1=O. The van der Waals surface area contributed by atoms with Crippen LogP contribution in [0.2, 0.25) is 0 Å². The molecule has 98 valence electrons. The number of rotatable bonds is 6. The van der Waals surface area contributed by atoms with E-state index in [9.17, 15) is 4.79 Å². The summed E-state index contributed by atoms with van der Waals surface area (Å²) in [6, 6.07) is 10.1. The summed E-state index contributed by atoms with van der Waals surface area (Å²) in [6.07, 6.45) is 6.71. The molecule has 0 spiro atoms. The van der Waals surface area contributed by atoms with Crippen molar-refractivity contribution < 1.29 is 9.53 Å². The van der Waals surface area contributed by atoms with E-state index in [0.717, 1.165) is 24.8 Å². The van der Waals surface area contributed by atoms with Crippen molar-refractivity contribution in [3.63, 3.8) is 0 Å². The Balaban J connectivity index is 1.83. The summed E-state index contributed by atoms with van der Waals surface area (Å²) in [4.78, 5) is 11.8. The molecule has 0 radical (unpaired) electrons. The Morgan fingerprint density at radius 1 is 1.17 bits per heavy atom. The predicted molar refractivity (Wildman–Crippen MR) is 72.1 cm³/mol. The van der Waals surface area contributed by atoms with Crippen molar-refractivity contribution in [3.8, 4) is 0 Å². The Morgan fingerprint density at radius 3 is 2.67 bits per heavy atom. The van der Waals surface area contributed by atoms with Crippen molar-refractivity contribution in [2.45, 2.75) is 51.6 Å². The predicted octanol–water partition coefficient (Wildman–Crippen LogP) is 4.26. The average molecular weight is 246 g/mol. The number of carbonyl (C=O) groups is 1. The molecule has 1 aromatic rings. The third-order valence-corrected chi connectivity index (χ3v) is 3.67. The zero-order valence-electron chi connectivity index (χ0n) is 11.1. The molecule has 1 aliphatic heterocycles. The molecule has 0 saturated carbocycles. The van der Waals surface area contributed by atoms with E-state index in [2.05, 4.69) is 6.92 Å². The molecular weight excluding hydrogens is 224 g/mol. The first-order valence-corrected chi connectivity index (χ1v) is 7.06. The Hall–Kier alpha value is -1.31. The van der Waals surface area contributed by atoms with E-state index in [1.807, 2.05) is 30.3 Å². The zero-order valence-corrected chi connectivity index (χ0v) is 11.1. The third kappa shape index (κ3) is 3.34. The van der Waals surface area contributed by atoms with Crippen molar-refractivity contribution in [2.75, 3.05) is 0 Å². The lowest BCUT2D eigenvalue weighted by molar-refractivity contribution is -0.144. The number of hydrogen-bond donors (Lipinski definition) is 0. The third-order valence-electron chi connectivity index (χ3n) is 3.67. The molecule has 2 rings (SSSR count). The quantitative estimate of drug-likeness (QED) is 0.553. The number of carbonyl (C=O) groups excluding carboxylic acids is 1. The van der Waals surface area contributed by atoms with Crippen molar-refractivity contribution in [2.24, 2.45) is 5.92 Å². The van der Waals surface area contributed by atoms with Crippen LogP contribution in [0.3, 0.4) is 0 Å². The highest BCUT2D eigenvalue weighted by Crippen LogP contribution is 2.35. The molecule has 0 aromatic heterocycles. The van der Waals surface area contributed by atoms with E-state index >= 15 is 0 Å². The van der Waals surface area contributed by atoms with Crippen molar-refractivity contribution >= 4 is 5.97 Å². The van der Waals surface area contributed by atoms with Crippen molar-refractivity contribution in [1.29, 1.82) is 0 Å². The van der Waals surface area contributed by atoms with Gasteiger partial charge in [0.15, 0.2) is 0 Å². The average Bonchev–Trinajstić information content (AvgIpc) is 2.77. The second-order valence-corrected chi connectivity index (χ2v) is 5.12. The van der Waals surface area contributed by atoms with Crippen molar-refractivity contribution in [1.82, 2.24) is 0 Å². The van der Waals surface area contributed by atoms with Gasteiger partial charge in [-0.3, -0.25) is 4.79 Å². The molecule has 1 aliphatic rings.